The number of aromatic nitrogens is 1. The van der Waals surface area contributed by atoms with Crippen molar-refractivity contribution in [3.63, 3.8) is 0 Å². The van der Waals surface area contributed by atoms with Crippen LogP contribution in [0.4, 0.5) is 0 Å². The third-order valence-electron chi connectivity index (χ3n) is 2.67. The van der Waals surface area contributed by atoms with Gasteiger partial charge in [-0.25, -0.2) is 0 Å². The van der Waals surface area contributed by atoms with Gasteiger partial charge in [0.05, 0.1) is 5.02 Å². The quantitative estimate of drug-likeness (QED) is 0.712. The Hall–Kier alpha value is -1.49. The molecule has 1 atom stereocenters. The highest BCUT2D eigenvalue weighted by Crippen LogP contribution is 2.11. The van der Waals surface area contributed by atoms with Crippen LogP contribution in [0.15, 0.2) is 12.3 Å². The van der Waals surface area contributed by atoms with Gasteiger partial charge in [-0.3, -0.25) is 9.59 Å². The average molecular weight is 273 g/mol. The van der Waals surface area contributed by atoms with Gasteiger partial charge in [0.25, 0.3) is 5.91 Å². The fourth-order valence-electron chi connectivity index (χ4n) is 1.54. The van der Waals surface area contributed by atoms with Crippen LogP contribution in [0, 0.1) is 5.92 Å². The van der Waals surface area contributed by atoms with Crippen LogP contribution in [0.3, 0.4) is 0 Å². The number of aromatic amines is 1. The predicted octanol–water partition coefficient (Wildman–Crippen LogP) is 2.29. The van der Waals surface area contributed by atoms with Crippen molar-refractivity contribution in [2.45, 2.75) is 26.2 Å². The number of H-pyrrole nitrogens is 1. The summed E-state index contributed by atoms with van der Waals surface area (Å²) in [7, 11) is 0. The third-order valence-corrected chi connectivity index (χ3v) is 2.88. The minimum Gasteiger partial charge on any atom is -0.481 e. The van der Waals surface area contributed by atoms with Crippen molar-refractivity contribution >= 4 is 23.5 Å². The van der Waals surface area contributed by atoms with Gasteiger partial charge in [-0.15, -0.1) is 0 Å². The number of carbonyl (C=O) groups is 2. The number of rotatable bonds is 7. The van der Waals surface area contributed by atoms with Gasteiger partial charge in [0.15, 0.2) is 0 Å². The lowest BCUT2D eigenvalue weighted by atomic mass is 10.0. The molecule has 0 saturated heterocycles. The molecule has 1 amide bonds. The number of carboxylic acids is 1. The average Bonchev–Trinajstić information content (AvgIpc) is 2.73. The van der Waals surface area contributed by atoms with Gasteiger partial charge in [0, 0.05) is 19.2 Å². The Kier molecular flexibility index (Phi) is 5.71. The molecule has 0 radical (unpaired) electrons. The maximum absolute atomic E-state index is 11.6. The van der Waals surface area contributed by atoms with Gasteiger partial charge >= 0.3 is 5.97 Å². The molecule has 0 spiro atoms. The smallest absolute Gasteiger partial charge is 0.303 e. The Labute approximate surface area is 111 Å². The van der Waals surface area contributed by atoms with Crippen molar-refractivity contribution in [3.05, 3.63) is 23.0 Å². The normalized spacial score (nSPS) is 12.1. The van der Waals surface area contributed by atoms with Crippen LogP contribution in [0.1, 0.15) is 36.7 Å². The molecular formula is C12H17ClN2O3. The number of carbonyl (C=O) groups excluding carboxylic acids is 1. The Balaban J connectivity index is 2.21. The Morgan fingerprint density at radius 1 is 1.50 bits per heavy atom. The second-order valence-electron chi connectivity index (χ2n) is 4.31. The highest BCUT2D eigenvalue weighted by molar-refractivity contribution is 6.30. The molecule has 3 N–H and O–H groups in total. The van der Waals surface area contributed by atoms with E-state index in [0.717, 1.165) is 6.42 Å². The number of nitrogens with one attached hydrogen (secondary N) is 2. The summed E-state index contributed by atoms with van der Waals surface area (Å²) in [4.78, 5) is 24.8. The molecule has 0 aliphatic rings. The number of amides is 1. The summed E-state index contributed by atoms with van der Waals surface area (Å²) in [5.74, 6) is -0.715. The zero-order chi connectivity index (χ0) is 13.5. The number of halogens is 1. The molecule has 1 aromatic rings. The van der Waals surface area contributed by atoms with Gasteiger partial charge < -0.3 is 15.4 Å². The van der Waals surface area contributed by atoms with Crippen LogP contribution in [-0.2, 0) is 4.79 Å². The van der Waals surface area contributed by atoms with Gasteiger partial charge in [-0.2, -0.15) is 0 Å². The Morgan fingerprint density at radius 3 is 2.78 bits per heavy atom. The number of aliphatic carboxylic acids is 1. The van der Waals surface area contributed by atoms with E-state index in [0.29, 0.717) is 23.7 Å². The maximum atomic E-state index is 11.6. The van der Waals surface area contributed by atoms with Crippen LogP contribution in [0.2, 0.25) is 5.02 Å². The largest absolute Gasteiger partial charge is 0.481 e. The maximum Gasteiger partial charge on any atom is 0.303 e. The number of hydrogen-bond acceptors (Lipinski definition) is 2. The number of hydrogen-bond donors (Lipinski definition) is 3. The molecule has 1 unspecified atom stereocenters. The van der Waals surface area contributed by atoms with Crippen molar-refractivity contribution in [3.8, 4) is 0 Å². The fourth-order valence-corrected chi connectivity index (χ4v) is 1.70. The molecule has 0 bridgehead atoms. The van der Waals surface area contributed by atoms with Crippen LogP contribution in [0.25, 0.3) is 0 Å². The topological polar surface area (TPSA) is 82.2 Å². The SMILES string of the molecule is CC(CCNC(=O)c1cc(Cl)c[nH]1)CCC(=O)O. The van der Waals surface area contributed by atoms with E-state index >= 15 is 0 Å². The van der Waals surface area contributed by atoms with E-state index in [2.05, 4.69) is 10.3 Å². The van der Waals surface area contributed by atoms with E-state index in [1.807, 2.05) is 6.92 Å². The molecule has 5 nitrogen and oxygen atoms in total. The van der Waals surface area contributed by atoms with Crippen LogP contribution >= 0.6 is 11.6 Å². The molecule has 0 fully saturated rings. The highest BCUT2D eigenvalue weighted by Gasteiger charge is 2.09. The fraction of sp³-hybridized carbons (Fsp3) is 0.500. The van der Waals surface area contributed by atoms with Gasteiger partial charge in [-0.1, -0.05) is 18.5 Å². The summed E-state index contributed by atoms with van der Waals surface area (Å²) in [6, 6.07) is 1.56. The van der Waals surface area contributed by atoms with E-state index < -0.39 is 5.97 Å². The molecule has 6 heteroatoms. The van der Waals surface area contributed by atoms with Crippen LogP contribution in [-0.4, -0.2) is 28.5 Å². The Bertz CT molecular complexity index is 417. The summed E-state index contributed by atoms with van der Waals surface area (Å²) in [5.41, 5.74) is 0.429. The molecule has 0 aromatic carbocycles. The summed E-state index contributed by atoms with van der Waals surface area (Å²) >= 11 is 5.69. The first-order valence-corrected chi connectivity index (χ1v) is 6.20. The molecule has 100 valence electrons. The van der Waals surface area contributed by atoms with Crippen molar-refractivity contribution in [1.29, 1.82) is 0 Å². The lowest BCUT2D eigenvalue weighted by Gasteiger charge is -2.10. The standard InChI is InChI=1S/C12H17ClN2O3/c1-8(2-3-11(16)17)4-5-14-12(18)10-6-9(13)7-15-10/h6-8,15H,2-5H2,1H3,(H,14,18)(H,16,17). The van der Waals surface area contributed by atoms with Crippen molar-refractivity contribution < 1.29 is 14.7 Å². The molecule has 1 rings (SSSR count). The van der Waals surface area contributed by atoms with E-state index in [1.165, 1.54) is 0 Å². The van der Waals surface area contributed by atoms with Crippen LogP contribution in [0.5, 0.6) is 0 Å². The summed E-state index contributed by atoms with van der Waals surface area (Å²) in [6.07, 6.45) is 3.10. The summed E-state index contributed by atoms with van der Waals surface area (Å²) < 4.78 is 0. The lowest BCUT2D eigenvalue weighted by Crippen LogP contribution is -2.25. The first-order valence-electron chi connectivity index (χ1n) is 5.83. The summed E-state index contributed by atoms with van der Waals surface area (Å²) in [5, 5.41) is 11.8. The minimum atomic E-state index is -0.785. The molecule has 1 aromatic heterocycles. The second kappa shape index (κ2) is 7.06. The first-order chi connectivity index (χ1) is 8.49. The molecule has 0 saturated carbocycles. The van der Waals surface area contributed by atoms with Crippen molar-refractivity contribution in [2.75, 3.05) is 6.54 Å². The Morgan fingerprint density at radius 2 is 2.22 bits per heavy atom. The zero-order valence-corrected chi connectivity index (χ0v) is 11.0. The highest BCUT2D eigenvalue weighted by atomic mass is 35.5. The van der Waals surface area contributed by atoms with Gasteiger partial charge in [-0.05, 0) is 24.8 Å². The van der Waals surface area contributed by atoms with Crippen LogP contribution < -0.4 is 5.32 Å². The molecular weight excluding hydrogens is 256 g/mol. The zero-order valence-electron chi connectivity index (χ0n) is 10.2. The third kappa shape index (κ3) is 5.23. The molecule has 0 aliphatic heterocycles. The lowest BCUT2D eigenvalue weighted by molar-refractivity contribution is -0.137. The van der Waals surface area contributed by atoms with E-state index in [4.69, 9.17) is 16.7 Å². The second-order valence-corrected chi connectivity index (χ2v) is 4.75. The summed E-state index contributed by atoms with van der Waals surface area (Å²) in [6.45, 7) is 2.50. The first kappa shape index (κ1) is 14.6. The number of carboxylic acid groups (broad SMARTS) is 1. The van der Waals surface area contributed by atoms with E-state index in [9.17, 15) is 9.59 Å². The monoisotopic (exact) mass is 272 g/mol. The minimum absolute atomic E-state index is 0.168. The molecule has 18 heavy (non-hydrogen) atoms. The van der Waals surface area contributed by atoms with E-state index in [-0.39, 0.29) is 18.2 Å². The van der Waals surface area contributed by atoms with Crippen molar-refractivity contribution in [2.24, 2.45) is 5.92 Å². The van der Waals surface area contributed by atoms with Gasteiger partial charge in [0.2, 0.25) is 0 Å². The van der Waals surface area contributed by atoms with E-state index in [1.54, 1.807) is 12.3 Å². The van der Waals surface area contributed by atoms with Crippen molar-refractivity contribution in [1.82, 2.24) is 10.3 Å². The van der Waals surface area contributed by atoms with Gasteiger partial charge in [0.1, 0.15) is 5.69 Å². The molecule has 0 aliphatic carbocycles. The molecule has 1 heterocycles. The predicted molar refractivity (Wildman–Crippen MR) is 68.8 cm³/mol.